The van der Waals surface area contributed by atoms with E-state index in [1.807, 2.05) is 81.7 Å². The minimum atomic E-state index is 0.825. The number of nitrogens with zero attached hydrogens (tertiary/aromatic N) is 4. The van der Waals surface area contributed by atoms with Crippen LogP contribution in [0, 0.1) is 0 Å². The van der Waals surface area contributed by atoms with Gasteiger partial charge in [0, 0.05) is 33.9 Å². The minimum absolute atomic E-state index is 0.825. The van der Waals surface area contributed by atoms with Gasteiger partial charge in [-0.25, -0.2) is 5.43 Å². The molecule has 0 aliphatic carbocycles. The van der Waals surface area contributed by atoms with Crippen molar-refractivity contribution < 1.29 is 0 Å². The van der Waals surface area contributed by atoms with Crippen LogP contribution >= 0.6 is 0 Å². The van der Waals surface area contributed by atoms with Gasteiger partial charge in [-0.15, -0.1) is 5.11 Å². The molecule has 0 amide bonds. The number of hydrazine groups is 1. The van der Waals surface area contributed by atoms with Crippen molar-refractivity contribution in [3.05, 3.63) is 48.5 Å². The predicted molar refractivity (Wildman–Crippen MR) is 88.8 cm³/mol. The summed E-state index contributed by atoms with van der Waals surface area (Å²) in [5.74, 6) is 0. The van der Waals surface area contributed by atoms with Crippen LogP contribution in [0.4, 0.5) is 22.7 Å². The van der Waals surface area contributed by atoms with Crippen molar-refractivity contribution in [2.24, 2.45) is 10.2 Å². The Kier molecular flexibility index (Phi) is 4.90. The van der Waals surface area contributed by atoms with E-state index in [4.69, 9.17) is 0 Å². The van der Waals surface area contributed by atoms with Crippen molar-refractivity contribution in [1.82, 2.24) is 5.43 Å². The zero-order valence-corrected chi connectivity index (χ0v) is 12.9. The Hall–Kier alpha value is -2.40. The summed E-state index contributed by atoms with van der Waals surface area (Å²) in [7, 11) is 7.84. The Morgan fingerprint density at radius 2 is 1.52 bits per heavy atom. The molecule has 0 saturated carbocycles. The Labute approximate surface area is 125 Å². The summed E-state index contributed by atoms with van der Waals surface area (Å²) in [6.07, 6.45) is 0. The second kappa shape index (κ2) is 6.85. The zero-order chi connectivity index (χ0) is 15.2. The highest BCUT2D eigenvalue weighted by Crippen LogP contribution is 2.28. The van der Waals surface area contributed by atoms with Gasteiger partial charge in [-0.1, -0.05) is 12.1 Å². The van der Waals surface area contributed by atoms with E-state index in [1.165, 1.54) is 0 Å². The number of hydrogen-bond acceptors (Lipinski definition) is 5. The fourth-order valence-electron chi connectivity index (χ4n) is 1.88. The molecule has 0 aliphatic rings. The van der Waals surface area contributed by atoms with Gasteiger partial charge >= 0.3 is 0 Å². The number of nitrogens with one attached hydrogen (secondary N) is 1. The van der Waals surface area contributed by atoms with Gasteiger partial charge in [0.1, 0.15) is 5.69 Å². The normalized spacial score (nSPS) is 10.9. The van der Waals surface area contributed by atoms with Crippen LogP contribution in [-0.4, -0.2) is 28.2 Å². The van der Waals surface area contributed by atoms with Crippen LogP contribution in [-0.2, 0) is 0 Å². The summed E-state index contributed by atoms with van der Waals surface area (Å²) < 4.78 is 0. The van der Waals surface area contributed by atoms with Gasteiger partial charge in [-0.05, 0) is 36.4 Å². The summed E-state index contributed by atoms with van der Waals surface area (Å²) in [6, 6.07) is 15.9. The van der Waals surface area contributed by atoms with Gasteiger partial charge in [0.15, 0.2) is 0 Å². The van der Waals surface area contributed by atoms with Crippen LogP contribution in [0.2, 0.25) is 0 Å². The third-order valence-electron chi connectivity index (χ3n) is 3.22. The van der Waals surface area contributed by atoms with E-state index in [9.17, 15) is 0 Å². The maximum atomic E-state index is 4.35. The predicted octanol–water partition coefficient (Wildman–Crippen LogP) is 3.74. The molecular formula is C16H21N5. The Morgan fingerprint density at radius 1 is 0.857 bits per heavy atom. The van der Waals surface area contributed by atoms with E-state index >= 15 is 0 Å². The molecule has 5 nitrogen and oxygen atoms in total. The minimum Gasteiger partial charge on any atom is -0.378 e. The molecule has 0 fully saturated rings. The first kappa shape index (κ1) is 15.0. The standard InChI is InChI=1S/C16H21N5/c1-17-21(4)16-8-6-5-7-15(16)19-18-13-9-11-14(12-10-13)20(2)3/h5-12,17H,1-4H3. The number of azo groups is 1. The summed E-state index contributed by atoms with van der Waals surface area (Å²) >= 11 is 0. The Balaban J connectivity index is 2.21. The average Bonchev–Trinajstić information content (AvgIpc) is 2.52. The van der Waals surface area contributed by atoms with Crippen molar-refractivity contribution in [2.75, 3.05) is 38.1 Å². The van der Waals surface area contributed by atoms with E-state index < -0.39 is 0 Å². The monoisotopic (exact) mass is 283 g/mol. The largest absolute Gasteiger partial charge is 0.378 e. The highest BCUT2D eigenvalue weighted by Gasteiger charge is 2.04. The molecule has 110 valence electrons. The van der Waals surface area contributed by atoms with Gasteiger partial charge in [-0.2, -0.15) is 5.11 Å². The maximum Gasteiger partial charge on any atom is 0.110 e. The SMILES string of the molecule is CNN(C)c1ccccc1N=Nc1ccc(N(C)C)cc1. The van der Waals surface area contributed by atoms with Crippen molar-refractivity contribution in [3.8, 4) is 0 Å². The number of anilines is 2. The molecule has 1 N–H and O–H groups in total. The summed E-state index contributed by atoms with van der Waals surface area (Å²) in [6.45, 7) is 0. The smallest absolute Gasteiger partial charge is 0.110 e. The van der Waals surface area contributed by atoms with Crippen molar-refractivity contribution in [2.45, 2.75) is 0 Å². The molecule has 0 atom stereocenters. The van der Waals surface area contributed by atoms with E-state index in [-0.39, 0.29) is 0 Å². The summed E-state index contributed by atoms with van der Waals surface area (Å²) in [4.78, 5) is 2.05. The molecule has 5 heteroatoms. The van der Waals surface area contributed by atoms with E-state index in [1.54, 1.807) is 0 Å². The molecule has 0 heterocycles. The van der Waals surface area contributed by atoms with Crippen LogP contribution in [0.5, 0.6) is 0 Å². The molecule has 2 rings (SSSR count). The number of rotatable bonds is 5. The molecule has 0 unspecified atom stereocenters. The van der Waals surface area contributed by atoms with Crippen LogP contribution in [0.25, 0.3) is 0 Å². The molecule has 2 aromatic rings. The molecule has 0 radical (unpaired) electrons. The molecule has 0 aliphatic heterocycles. The zero-order valence-electron chi connectivity index (χ0n) is 12.9. The lowest BCUT2D eigenvalue weighted by atomic mass is 10.2. The molecule has 0 bridgehead atoms. The molecule has 0 spiro atoms. The second-order valence-electron chi connectivity index (χ2n) is 4.88. The van der Waals surface area contributed by atoms with Gasteiger partial charge in [0.2, 0.25) is 0 Å². The van der Waals surface area contributed by atoms with E-state index in [2.05, 4.69) is 20.6 Å². The van der Waals surface area contributed by atoms with Crippen molar-refractivity contribution in [3.63, 3.8) is 0 Å². The van der Waals surface area contributed by atoms with Crippen LogP contribution in [0.15, 0.2) is 58.8 Å². The third-order valence-corrected chi connectivity index (χ3v) is 3.22. The number of benzene rings is 2. The molecule has 0 saturated heterocycles. The first-order valence-electron chi connectivity index (χ1n) is 6.81. The number of para-hydroxylation sites is 1. The number of hydrogen-bond donors (Lipinski definition) is 1. The molecule has 2 aromatic carbocycles. The lowest BCUT2D eigenvalue weighted by Crippen LogP contribution is -2.30. The summed E-state index contributed by atoms with van der Waals surface area (Å²) in [5, 5.41) is 10.6. The lowest BCUT2D eigenvalue weighted by Gasteiger charge is -2.18. The Morgan fingerprint density at radius 3 is 2.14 bits per heavy atom. The van der Waals surface area contributed by atoms with Crippen LogP contribution < -0.4 is 15.3 Å². The topological polar surface area (TPSA) is 43.2 Å². The van der Waals surface area contributed by atoms with Crippen LogP contribution in [0.3, 0.4) is 0 Å². The highest BCUT2D eigenvalue weighted by atomic mass is 15.5. The quantitative estimate of drug-likeness (QED) is 0.671. The fourth-order valence-corrected chi connectivity index (χ4v) is 1.88. The fraction of sp³-hybridized carbons (Fsp3) is 0.250. The molecule has 21 heavy (non-hydrogen) atoms. The first-order valence-corrected chi connectivity index (χ1v) is 6.81. The summed E-state index contributed by atoms with van der Waals surface area (Å²) in [5.41, 5.74) is 6.85. The van der Waals surface area contributed by atoms with Crippen molar-refractivity contribution >= 4 is 22.7 Å². The first-order chi connectivity index (χ1) is 10.1. The van der Waals surface area contributed by atoms with Gasteiger partial charge in [-0.3, -0.25) is 0 Å². The Bertz CT molecular complexity index is 604. The van der Waals surface area contributed by atoms with E-state index in [0.29, 0.717) is 0 Å². The highest BCUT2D eigenvalue weighted by molar-refractivity contribution is 5.65. The van der Waals surface area contributed by atoms with E-state index in [0.717, 1.165) is 22.7 Å². The average molecular weight is 283 g/mol. The second-order valence-corrected chi connectivity index (χ2v) is 4.88. The van der Waals surface area contributed by atoms with Gasteiger partial charge < -0.3 is 9.91 Å². The van der Waals surface area contributed by atoms with Crippen LogP contribution in [0.1, 0.15) is 0 Å². The molecular weight excluding hydrogens is 262 g/mol. The van der Waals surface area contributed by atoms with Crippen molar-refractivity contribution in [1.29, 1.82) is 0 Å². The molecule has 0 aromatic heterocycles. The third kappa shape index (κ3) is 3.79. The lowest BCUT2D eigenvalue weighted by molar-refractivity contribution is 0.791. The van der Waals surface area contributed by atoms with Gasteiger partial charge in [0.05, 0.1) is 11.4 Å². The maximum absolute atomic E-state index is 4.35. The van der Waals surface area contributed by atoms with Gasteiger partial charge in [0.25, 0.3) is 0 Å².